The number of carboxylic acid groups (broad SMARTS) is 2. The van der Waals surface area contributed by atoms with Crippen LogP contribution in [0.1, 0.15) is 32.1 Å². The maximum Gasteiger partial charge on any atom is 0.414 e. The molecule has 1 fully saturated rings. The number of rotatable bonds is 6. The monoisotopic (exact) mass is 354 g/mol. The lowest BCUT2D eigenvalue weighted by molar-refractivity contribution is -0.171. The third kappa shape index (κ3) is 9.95. The molecule has 1 saturated heterocycles. The minimum Gasteiger partial charge on any atom is -0.473 e. The molecule has 1 heterocycles. The lowest BCUT2D eigenvalue weighted by Gasteiger charge is -2.22. The van der Waals surface area contributed by atoms with E-state index in [0.717, 1.165) is 19.4 Å². The molecular formula is C16H22N2O7. The van der Waals surface area contributed by atoms with Crippen molar-refractivity contribution in [3.8, 4) is 5.75 Å². The number of aliphatic carboxylic acids is 2. The molecule has 0 aromatic heterocycles. The first-order valence-electron chi connectivity index (χ1n) is 7.85. The lowest BCUT2D eigenvalue weighted by atomic mass is 10.0. The minimum atomic E-state index is -1.82. The zero-order valence-electron chi connectivity index (χ0n) is 13.6. The van der Waals surface area contributed by atoms with E-state index in [-0.39, 0.29) is 5.97 Å². The summed E-state index contributed by atoms with van der Waals surface area (Å²) in [6.07, 6.45) is 4.81. The molecule has 1 aromatic rings. The molecule has 1 aliphatic rings. The Balaban J connectivity index is 0.000000450. The van der Waals surface area contributed by atoms with Crippen LogP contribution in [0.25, 0.3) is 0 Å². The Morgan fingerprint density at radius 1 is 1.12 bits per heavy atom. The van der Waals surface area contributed by atoms with E-state index in [1.54, 1.807) is 12.1 Å². The lowest BCUT2D eigenvalue weighted by Crippen LogP contribution is -2.34. The average Bonchev–Trinajstić information content (AvgIpc) is 2.62. The molecule has 1 atom stereocenters. The van der Waals surface area contributed by atoms with Crippen LogP contribution in [0.2, 0.25) is 0 Å². The van der Waals surface area contributed by atoms with Gasteiger partial charge in [0.2, 0.25) is 0 Å². The predicted molar refractivity (Wildman–Crippen MR) is 86.4 cm³/mol. The van der Waals surface area contributed by atoms with Gasteiger partial charge in [0.05, 0.1) is 0 Å². The van der Waals surface area contributed by atoms with Crippen molar-refractivity contribution >= 4 is 17.9 Å². The van der Waals surface area contributed by atoms with Crippen LogP contribution in [0.3, 0.4) is 0 Å². The summed E-state index contributed by atoms with van der Waals surface area (Å²) >= 11 is 0. The highest BCUT2D eigenvalue weighted by Crippen LogP contribution is 2.12. The van der Waals surface area contributed by atoms with Gasteiger partial charge in [-0.05, 0) is 37.9 Å². The van der Waals surface area contributed by atoms with E-state index in [4.69, 9.17) is 29.5 Å². The Labute approximate surface area is 144 Å². The van der Waals surface area contributed by atoms with Crippen LogP contribution >= 0.6 is 0 Å². The number of carbonyl (C=O) groups excluding carboxylic acids is 1. The van der Waals surface area contributed by atoms with Crippen LogP contribution in [0.15, 0.2) is 30.3 Å². The fourth-order valence-corrected chi connectivity index (χ4v) is 2.12. The van der Waals surface area contributed by atoms with Crippen molar-refractivity contribution in [1.82, 2.24) is 11.0 Å². The van der Waals surface area contributed by atoms with E-state index in [1.807, 2.05) is 18.2 Å². The van der Waals surface area contributed by atoms with Crippen molar-refractivity contribution in [1.29, 1.82) is 0 Å². The van der Waals surface area contributed by atoms with Gasteiger partial charge in [0.1, 0.15) is 0 Å². The van der Waals surface area contributed by atoms with Gasteiger partial charge in [0.25, 0.3) is 0 Å². The van der Waals surface area contributed by atoms with Crippen molar-refractivity contribution in [2.45, 2.75) is 38.1 Å². The fraction of sp³-hybridized carbons (Fsp3) is 0.438. The Morgan fingerprint density at radius 2 is 1.80 bits per heavy atom. The molecule has 9 heteroatoms. The minimum absolute atomic E-state index is 0.302. The van der Waals surface area contributed by atoms with Crippen LogP contribution < -0.4 is 15.8 Å². The molecule has 0 bridgehead atoms. The van der Waals surface area contributed by atoms with E-state index >= 15 is 0 Å². The standard InChI is InChI=1S/C14H20N2O3.C2H2O4/c17-14(10-9-12-6-4-5-11-15-12)19-16-18-13-7-2-1-3-8-13;3-1(4)2(5)6/h1-3,7-8,12,15-16H,4-6,9-11H2;(H,3,4)(H,5,6). The quantitative estimate of drug-likeness (QED) is 0.437. The highest BCUT2D eigenvalue weighted by molar-refractivity contribution is 6.27. The molecule has 1 aliphatic heterocycles. The summed E-state index contributed by atoms with van der Waals surface area (Å²) in [5, 5.41) is 18.2. The normalized spacial score (nSPS) is 16.1. The number of hydrogen-bond donors (Lipinski definition) is 4. The Morgan fingerprint density at radius 3 is 2.36 bits per heavy atom. The summed E-state index contributed by atoms with van der Waals surface area (Å²) in [4.78, 5) is 39.5. The second-order valence-corrected chi connectivity index (χ2v) is 5.27. The molecule has 2 rings (SSSR count). The third-order valence-corrected chi connectivity index (χ3v) is 3.35. The topological polar surface area (TPSA) is 134 Å². The van der Waals surface area contributed by atoms with Crippen molar-refractivity contribution in [2.24, 2.45) is 0 Å². The van der Waals surface area contributed by atoms with Gasteiger partial charge in [0, 0.05) is 18.1 Å². The molecule has 9 nitrogen and oxygen atoms in total. The van der Waals surface area contributed by atoms with Gasteiger partial charge in [-0.2, -0.15) is 0 Å². The average molecular weight is 354 g/mol. The predicted octanol–water partition coefficient (Wildman–Crippen LogP) is 1.11. The van der Waals surface area contributed by atoms with Gasteiger partial charge in [-0.25, -0.2) is 9.59 Å². The molecule has 25 heavy (non-hydrogen) atoms. The number of benzene rings is 1. The summed E-state index contributed by atoms with van der Waals surface area (Å²) < 4.78 is 0. The smallest absolute Gasteiger partial charge is 0.414 e. The Bertz CT molecular complexity index is 533. The summed E-state index contributed by atoms with van der Waals surface area (Å²) in [7, 11) is 0. The number of para-hydroxylation sites is 1. The van der Waals surface area contributed by atoms with E-state index in [2.05, 4.69) is 11.0 Å². The fourth-order valence-electron chi connectivity index (χ4n) is 2.12. The van der Waals surface area contributed by atoms with Crippen LogP contribution in [0, 0.1) is 0 Å². The van der Waals surface area contributed by atoms with Gasteiger partial charge in [-0.15, -0.1) is 0 Å². The van der Waals surface area contributed by atoms with Crippen LogP contribution in [-0.4, -0.2) is 40.7 Å². The number of nitrogens with one attached hydrogen (secondary N) is 2. The van der Waals surface area contributed by atoms with Crippen LogP contribution in [-0.2, 0) is 19.2 Å². The van der Waals surface area contributed by atoms with Gasteiger partial charge < -0.3 is 25.2 Å². The maximum absolute atomic E-state index is 11.5. The second kappa shape index (κ2) is 11.8. The summed E-state index contributed by atoms with van der Waals surface area (Å²) in [5.41, 5.74) is 2.22. The van der Waals surface area contributed by atoms with E-state index < -0.39 is 11.9 Å². The van der Waals surface area contributed by atoms with Crippen molar-refractivity contribution in [3.05, 3.63) is 30.3 Å². The molecule has 138 valence electrons. The SMILES string of the molecule is O=C(CCC1CCCCN1)ONOc1ccccc1.O=C(O)C(=O)O. The molecule has 1 unspecified atom stereocenters. The molecule has 4 N–H and O–H groups in total. The molecule has 0 spiro atoms. The first-order chi connectivity index (χ1) is 12.0. The number of piperidine rings is 1. The number of carbonyl (C=O) groups is 3. The first kappa shape index (κ1) is 20.4. The first-order valence-corrected chi connectivity index (χ1v) is 7.85. The maximum atomic E-state index is 11.5. The molecule has 1 aromatic carbocycles. The van der Waals surface area contributed by atoms with E-state index in [9.17, 15) is 4.79 Å². The number of carboxylic acids is 2. The molecule has 0 amide bonds. The van der Waals surface area contributed by atoms with Gasteiger partial charge in [-0.1, -0.05) is 24.6 Å². The van der Waals surface area contributed by atoms with Gasteiger partial charge >= 0.3 is 17.9 Å². The summed E-state index contributed by atoms with van der Waals surface area (Å²) in [5.74, 6) is -3.35. The Kier molecular flexibility index (Phi) is 9.64. The highest BCUT2D eigenvalue weighted by Gasteiger charge is 2.14. The molecule has 0 radical (unpaired) electrons. The molecule has 0 aliphatic carbocycles. The van der Waals surface area contributed by atoms with Crippen molar-refractivity contribution in [3.63, 3.8) is 0 Å². The van der Waals surface area contributed by atoms with Gasteiger partial charge in [-0.3, -0.25) is 4.79 Å². The third-order valence-electron chi connectivity index (χ3n) is 3.35. The van der Waals surface area contributed by atoms with Crippen LogP contribution in [0.4, 0.5) is 0 Å². The molecule has 0 saturated carbocycles. The van der Waals surface area contributed by atoms with Crippen molar-refractivity contribution in [2.75, 3.05) is 6.54 Å². The zero-order valence-corrected chi connectivity index (χ0v) is 13.6. The largest absolute Gasteiger partial charge is 0.473 e. The van der Waals surface area contributed by atoms with Crippen molar-refractivity contribution < 1.29 is 34.3 Å². The number of hydrogen-bond acceptors (Lipinski definition) is 7. The second-order valence-electron chi connectivity index (χ2n) is 5.27. The van der Waals surface area contributed by atoms with E-state index in [0.29, 0.717) is 18.2 Å². The van der Waals surface area contributed by atoms with Crippen LogP contribution in [0.5, 0.6) is 5.75 Å². The van der Waals surface area contributed by atoms with E-state index in [1.165, 1.54) is 12.8 Å². The zero-order chi connectivity index (χ0) is 18.5. The molecular weight excluding hydrogens is 332 g/mol. The Hall–Kier alpha value is -2.65. The summed E-state index contributed by atoms with van der Waals surface area (Å²) in [6, 6.07) is 9.55. The van der Waals surface area contributed by atoms with Gasteiger partial charge in [0.15, 0.2) is 5.75 Å². The summed E-state index contributed by atoms with van der Waals surface area (Å²) in [6.45, 7) is 1.05. The highest BCUT2D eigenvalue weighted by atomic mass is 16.9.